The number of aliphatic hydroxyl groups excluding tert-OH is 1. The van der Waals surface area contributed by atoms with Crippen molar-refractivity contribution in [1.29, 1.82) is 0 Å². The van der Waals surface area contributed by atoms with Crippen LogP contribution in [-0.4, -0.2) is 209 Å². The van der Waals surface area contributed by atoms with Crippen LogP contribution in [0.3, 0.4) is 0 Å². The van der Waals surface area contributed by atoms with Crippen LogP contribution in [0.4, 0.5) is 4.79 Å². The summed E-state index contributed by atoms with van der Waals surface area (Å²) in [6, 6.07) is 13.4. The average Bonchev–Trinajstić information content (AvgIpc) is 0.791. The van der Waals surface area contributed by atoms with Crippen molar-refractivity contribution in [1.82, 2.24) is 5.32 Å². The number of carbonyl (C=O) groups is 9. The molecule has 19 unspecified atom stereocenters. The van der Waals surface area contributed by atoms with E-state index in [1.165, 1.54) is 64.1 Å². The monoisotopic (exact) mass is 1350 g/mol. The normalized spacial score (nSPS) is 33.6. The minimum Gasteiger partial charge on any atom is -0.461 e. The van der Waals surface area contributed by atoms with E-state index >= 15 is 9.59 Å². The van der Waals surface area contributed by atoms with E-state index in [2.05, 4.69) is 15.0 Å². The van der Waals surface area contributed by atoms with Gasteiger partial charge in [0.05, 0.1) is 75.6 Å². The molecule has 10 rings (SSSR count). The number of benzene rings is 2. The Balaban J connectivity index is 0.982. The van der Waals surface area contributed by atoms with E-state index in [9.17, 15) is 64.0 Å². The summed E-state index contributed by atoms with van der Waals surface area (Å²) in [5.74, 6) is -10.7. The first kappa shape index (κ1) is 70.3. The van der Waals surface area contributed by atoms with Gasteiger partial charge in [-0.25, -0.2) is 14.4 Å². The number of Topliss-reactive ketones (excluding diaryl/α,β-unsaturated/α-hetero) is 1. The maximum Gasteiger partial charge on any atom is 0.408 e. The van der Waals surface area contributed by atoms with Gasteiger partial charge in [0.15, 0.2) is 35.8 Å². The fourth-order valence-electron chi connectivity index (χ4n) is 14.6. The first-order valence-electron chi connectivity index (χ1n) is 31.1. The quantitative estimate of drug-likeness (QED) is 0.0501. The van der Waals surface area contributed by atoms with E-state index in [0.717, 1.165) is 6.92 Å². The third kappa shape index (κ3) is 13.9. The minimum absolute atomic E-state index is 0.0656. The molecule has 96 heavy (non-hydrogen) atoms. The Morgan fingerprint density at radius 1 is 0.698 bits per heavy atom. The largest absolute Gasteiger partial charge is 0.461 e. The zero-order valence-electron chi connectivity index (χ0n) is 53.5. The molecule has 3 N–H and O–H groups in total. The van der Waals surface area contributed by atoms with E-state index in [1.807, 2.05) is 0 Å². The SMILES string of the molecule is CC(=O)OC12COC1CC(OC(=O)CCC(=O)OC1COC3C(O[N+](=O)[O-])COC13)C1(C)C(=O)C(O)C3=C(C)C(OC(=O)C(OC(=O)CCC(=O)OC4COC5C(O[N+](=O)[O-])COC45)C(NC(=O)OC(C)(C)C)c4ccccc4)CC(O)(C(OC(=O)c4ccccc4)C21)C3(C)C. The van der Waals surface area contributed by atoms with Crippen molar-refractivity contribution in [2.45, 2.75) is 202 Å². The van der Waals surface area contributed by atoms with Crippen molar-refractivity contribution in [3.8, 4) is 0 Å². The summed E-state index contributed by atoms with van der Waals surface area (Å²) in [6.07, 6.45) is -24.6. The number of aliphatic hydroxyl groups is 2. The van der Waals surface area contributed by atoms with Gasteiger partial charge in [-0.3, -0.25) is 28.8 Å². The Morgan fingerprint density at radius 3 is 1.70 bits per heavy atom. The summed E-state index contributed by atoms with van der Waals surface area (Å²) < 4.78 is 76.2. The molecule has 522 valence electrons. The van der Waals surface area contributed by atoms with Crippen LogP contribution in [0.25, 0.3) is 0 Å². The highest BCUT2D eigenvalue weighted by molar-refractivity contribution is 5.95. The second-order valence-corrected chi connectivity index (χ2v) is 26.5. The topological polar surface area (TPSA) is 431 Å². The van der Waals surface area contributed by atoms with Gasteiger partial charge in [0, 0.05) is 25.2 Å². The number of rotatable bonds is 22. The summed E-state index contributed by atoms with van der Waals surface area (Å²) in [5, 5.41) is 49.9. The Morgan fingerprint density at radius 2 is 1.20 bits per heavy atom. The second-order valence-electron chi connectivity index (χ2n) is 26.5. The van der Waals surface area contributed by atoms with E-state index in [1.54, 1.807) is 45.0 Å². The number of alkyl carbamates (subject to hydrolysis) is 1. The summed E-state index contributed by atoms with van der Waals surface area (Å²) in [6.45, 7) is 9.83. The molecule has 2 saturated carbocycles. The maximum absolute atomic E-state index is 16.1. The summed E-state index contributed by atoms with van der Waals surface area (Å²) in [7, 11) is 0. The number of hydrogen-bond donors (Lipinski definition) is 3. The molecule has 5 saturated heterocycles. The van der Waals surface area contributed by atoms with Crippen LogP contribution in [0.5, 0.6) is 0 Å². The lowest BCUT2D eigenvalue weighted by Gasteiger charge is -2.67. The molecule has 2 aromatic carbocycles. The highest BCUT2D eigenvalue weighted by Gasteiger charge is 2.79. The third-order valence-corrected chi connectivity index (χ3v) is 19.0. The first-order valence-corrected chi connectivity index (χ1v) is 31.1. The van der Waals surface area contributed by atoms with Crippen molar-refractivity contribution in [2.24, 2.45) is 16.7 Å². The number of fused-ring (bicyclic) bond motifs is 7. The Labute approximate surface area is 547 Å². The van der Waals surface area contributed by atoms with Crippen LogP contribution in [0.15, 0.2) is 71.8 Å². The molecule has 5 aliphatic heterocycles. The number of ketones is 1. The number of hydrogen-bond acceptors (Lipinski definition) is 30. The lowest BCUT2D eigenvalue weighted by Crippen LogP contribution is -2.82. The third-order valence-electron chi connectivity index (χ3n) is 19.0. The van der Waals surface area contributed by atoms with Crippen LogP contribution >= 0.6 is 0 Å². The number of esters is 7. The summed E-state index contributed by atoms with van der Waals surface area (Å²) >= 11 is 0. The Bertz CT molecular complexity index is 3400. The molecule has 3 aliphatic carbocycles. The zero-order valence-corrected chi connectivity index (χ0v) is 53.5. The fourth-order valence-corrected chi connectivity index (χ4v) is 14.6. The van der Waals surface area contributed by atoms with Crippen molar-refractivity contribution in [3.63, 3.8) is 0 Å². The van der Waals surface area contributed by atoms with Gasteiger partial charge in [0.25, 0.3) is 10.2 Å². The van der Waals surface area contributed by atoms with E-state index in [0.29, 0.717) is 0 Å². The van der Waals surface area contributed by atoms with Gasteiger partial charge in [-0.2, -0.15) is 0 Å². The molecular formula is C63H75N3O30. The van der Waals surface area contributed by atoms with Gasteiger partial charge in [0.1, 0.15) is 72.2 Å². The van der Waals surface area contributed by atoms with E-state index in [4.69, 9.17) is 61.6 Å². The number of nitrogens with one attached hydrogen (secondary N) is 1. The summed E-state index contributed by atoms with van der Waals surface area (Å²) in [5.41, 5.74) is -10.5. The predicted molar refractivity (Wildman–Crippen MR) is 312 cm³/mol. The highest BCUT2D eigenvalue weighted by Crippen LogP contribution is 2.65. The molecule has 0 spiro atoms. The van der Waals surface area contributed by atoms with Crippen molar-refractivity contribution in [2.75, 3.05) is 33.0 Å². The smallest absolute Gasteiger partial charge is 0.408 e. The molecule has 2 aromatic rings. The zero-order chi connectivity index (χ0) is 69.6. The van der Waals surface area contributed by atoms with Crippen LogP contribution in [0.2, 0.25) is 0 Å². The molecule has 8 aliphatic rings. The molecule has 1 amide bonds. The average molecular weight is 1350 g/mol. The number of amides is 1. The molecule has 7 fully saturated rings. The number of ether oxygens (including phenoxy) is 13. The Hall–Kier alpha value is -8.47. The van der Waals surface area contributed by atoms with Gasteiger partial charge in [0.2, 0.25) is 6.10 Å². The molecule has 0 aromatic heterocycles. The summed E-state index contributed by atoms with van der Waals surface area (Å²) in [4.78, 5) is 160. The molecule has 33 nitrogen and oxygen atoms in total. The van der Waals surface area contributed by atoms with Gasteiger partial charge in [-0.1, -0.05) is 62.4 Å². The molecule has 33 heteroatoms. The molecule has 5 heterocycles. The molecule has 2 bridgehead atoms. The molecular weight excluding hydrogens is 1280 g/mol. The van der Waals surface area contributed by atoms with Gasteiger partial charge < -0.3 is 86.8 Å². The van der Waals surface area contributed by atoms with Gasteiger partial charge in [-0.05, 0) is 63.5 Å². The predicted octanol–water partition coefficient (Wildman–Crippen LogP) is 2.49. The fraction of sp³-hybridized carbons (Fsp3) is 0.635. The second kappa shape index (κ2) is 27.6. The van der Waals surface area contributed by atoms with Gasteiger partial charge in [-0.15, -0.1) is 20.2 Å². The number of carbonyl (C=O) groups excluding carboxylic acids is 9. The molecule has 0 radical (unpaired) electrons. The first-order chi connectivity index (χ1) is 45.3. The standard InChI is InChI=1S/C63H75N3O30/c1-30-34(89-57(75)52(46(32-15-11-9-12-16-32)64-58(76)94-59(3,4)5)91-44(71)22-20-42(69)88-36-26-83-51-38(96-66(80)81)28-85-49(36)51)24-63(77)55(92-56(74)33-17-13-10-14-18-33)53-61(8,54(73)47(72)45(30)60(63,6)7)39(23-40-62(53,29-86-40)93-31(2)67)90-43(70)21-19-41(68)87-35-25-82-50-37(95-65(78)79)27-84-48(35)50/h9-18,34-40,46-53,55,72,77H,19-29H2,1-8H3,(H,64,76). The van der Waals surface area contributed by atoms with Gasteiger partial charge >= 0.3 is 47.9 Å². The van der Waals surface area contributed by atoms with Crippen molar-refractivity contribution < 1.29 is 135 Å². The number of nitrogens with zero attached hydrogens (tertiary/aromatic N) is 2. The Kier molecular flexibility index (Phi) is 20.2. The van der Waals surface area contributed by atoms with Crippen molar-refractivity contribution >= 4 is 53.7 Å². The van der Waals surface area contributed by atoms with Crippen LogP contribution in [0, 0.1) is 37.0 Å². The van der Waals surface area contributed by atoms with E-state index < -0.39 is 234 Å². The lowest BCUT2D eigenvalue weighted by molar-refractivity contribution is -0.769. The highest BCUT2D eigenvalue weighted by atomic mass is 17.0. The van der Waals surface area contributed by atoms with Crippen molar-refractivity contribution in [3.05, 3.63) is 103 Å². The van der Waals surface area contributed by atoms with Crippen LogP contribution < -0.4 is 5.32 Å². The minimum atomic E-state index is -2.69. The van der Waals surface area contributed by atoms with Crippen LogP contribution in [0.1, 0.15) is 116 Å². The molecule has 19 atom stereocenters. The van der Waals surface area contributed by atoms with Crippen LogP contribution in [-0.2, 0) is 105 Å². The maximum atomic E-state index is 16.1. The lowest BCUT2D eigenvalue weighted by atomic mass is 9.44. The van der Waals surface area contributed by atoms with E-state index in [-0.39, 0.29) is 48.7 Å².